The SMILES string of the molecule is CC(C)N1CC2(CCN(C3CCOCC3)C2)COCC1=O. The molecule has 1 atom stereocenters. The first kappa shape index (κ1) is 15.3. The zero-order valence-electron chi connectivity index (χ0n) is 13.3. The Labute approximate surface area is 127 Å². The molecule has 3 saturated heterocycles. The second kappa shape index (κ2) is 6.23. The van der Waals surface area contributed by atoms with Crippen molar-refractivity contribution in [1.29, 1.82) is 0 Å². The highest BCUT2D eigenvalue weighted by molar-refractivity contribution is 5.78. The maximum atomic E-state index is 12.1. The van der Waals surface area contributed by atoms with E-state index in [0.29, 0.717) is 6.04 Å². The Balaban J connectivity index is 1.67. The Hall–Kier alpha value is -0.650. The number of likely N-dealkylation sites (tertiary alicyclic amines) is 1. The van der Waals surface area contributed by atoms with Gasteiger partial charge in [0, 0.05) is 43.8 Å². The van der Waals surface area contributed by atoms with Crippen LogP contribution < -0.4 is 0 Å². The first-order valence-electron chi connectivity index (χ1n) is 8.29. The van der Waals surface area contributed by atoms with Crippen LogP contribution in [0, 0.1) is 5.41 Å². The zero-order chi connectivity index (χ0) is 14.9. The Morgan fingerprint density at radius 2 is 1.95 bits per heavy atom. The summed E-state index contributed by atoms with van der Waals surface area (Å²) in [5, 5.41) is 0. The van der Waals surface area contributed by atoms with Crippen LogP contribution in [0.25, 0.3) is 0 Å². The normalized spacial score (nSPS) is 33.1. The number of carbonyl (C=O) groups excluding carboxylic acids is 1. The molecule has 3 fully saturated rings. The van der Waals surface area contributed by atoms with E-state index in [9.17, 15) is 4.79 Å². The van der Waals surface area contributed by atoms with Crippen molar-refractivity contribution in [2.45, 2.75) is 45.2 Å². The average Bonchev–Trinajstić information content (AvgIpc) is 2.82. The van der Waals surface area contributed by atoms with E-state index in [4.69, 9.17) is 9.47 Å². The van der Waals surface area contributed by atoms with Crippen molar-refractivity contribution in [3.63, 3.8) is 0 Å². The minimum atomic E-state index is 0.134. The lowest BCUT2D eigenvalue weighted by Crippen LogP contribution is -2.47. The monoisotopic (exact) mass is 296 g/mol. The fourth-order valence-corrected chi connectivity index (χ4v) is 3.98. The van der Waals surface area contributed by atoms with Gasteiger partial charge in [0.2, 0.25) is 5.91 Å². The van der Waals surface area contributed by atoms with E-state index in [1.54, 1.807) is 0 Å². The maximum absolute atomic E-state index is 12.1. The number of rotatable bonds is 2. The van der Waals surface area contributed by atoms with Crippen LogP contribution in [0.3, 0.4) is 0 Å². The largest absolute Gasteiger partial charge is 0.381 e. The van der Waals surface area contributed by atoms with Crippen LogP contribution in [0.5, 0.6) is 0 Å². The van der Waals surface area contributed by atoms with Crippen LogP contribution in [0.1, 0.15) is 33.1 Å². The minimum Gasteiger partial charge on any atom is -0.381 e. The van der Waals surface area contributed by atoms with Crippen LogP contribution >= 0.6 is 0 Å². The van der Waals surface area contributed by atoms with Gasteiger partial charge in [-0.25, -0.2) is 0 Å². The van der Waals surface area contributed by atoms with Crippen molar-refractivity contribution < 1.29 is 14.3 Å². The maximum Gasteiger partial charge on any atom is 0.248 e. The van der Waals surface area contributed by atoms with Gasteiger partial charge in [-0.15, -0.1) is 0 Å². The Morgan fingerprint density at radius 3 is 2.67 bits per heavy atom. The van der Waals surface area contributed by atoms with Crippen LogP contribution in [-0.4, -0.2) is 73.9 Å². The summed E-state index contributed by atoms with van der Waals surface area (Å²) in [6, 6.07) is 0.915. The van der Waals surface area contributed by atoms with E-state index in [-0.39, 0.29) is 24.0 Å². The molecular formula is C16H28N2O3. The van der Waals surface area contributed by atoms with Crippen molar-refractivity contribution in [3.8, 4) is 0 Å². The standard InChI is InChI=1S/C16H28N2O3/c1-13(2)18-11-16(12-21-9-15(18)19)5-6-17(10-16)14-3-7-20-8-4-14/h13-14H,3-12H2,1-2H3. The summed E-state index contributed by atoms with van der Waals surface area (Å²) in [4.78, 5) is 16.8. The van der Waals surface area contributed by atoms with Crippen molar-refractivity contribution in [2.24, 2.45) is 5.41 Å². The molecule has 1 spiro atoms. The molecule has 0 saturated carbocycles. The fraction of sp³-hybridized carbons (Fsp3) is 0.938. The van der Waals surface area contributed by atoms with E-state index in [1.807, 2.05) is 4.90 Å². The predicted octanol–water partition coefficient (Wildman–Crippen LogP) is 1.12. The summed E-state index contributed by atoms with van der Waals surface area (Å²) in [7, 11) is 0. The Morgan fingerprint density at radius 1 is 1.19 bits per heavy atom. The first-order chi connectivity index (χ1) is 10.1. The summed E-state index contributed by atoms with van der Waals surface area (Å²) >= 11 is 0. The van der Waals surface area contributed by atoms with Gasteiger partial charge in [0.15, 0.2) is 0 Å². The van der Waals surface area contributed by atoms with Gasteiger partial charge in [-0.05, 0) is 39.7 Å². The molecule has 1 unspecified atom stereocenters. The molecule has 21 heavy (non-hydrogen) atoms. The predicted molar refractivity (Wildman–Crippen MR) is 80.1 cm³/mol. The van der Waals surface area contributed by atoms with Crippen molar-refractivity contribution in [1.82, 2.24) is 9.80 Å². The molecule has 0 aliphatic carbocycles. The van der Waals surface area contributed by atoms with E-state index in [0.717, 1.165) is 58.7 Å². The molecule has 1 amide bonds. The first-order valence-corrected chi connectivity index (χ1v) is 8.29. The molecule has 0 radical (unpaired) electrons. The third-order valence-electron chi connectivity index (χ3n) is 5.26. The molecule has 0 aromatic carbocycles. The number of hydrogen-bond donors (Lipinski definition) is 0. The summed E-state index contributed by atoms with van der Waals surface area (Å²) in [6.45, 7) is 10.00. The van der Waals surface area contributed by atoms with E-state index in [1.165, 1.54) is 0 Å². The molecule has 3 aliphatic rings. The van der Waals surface area contributed by atoms with Gasteiger partial charge < -0.3 is 14.4 Å². The highest BCUT2D eigenvalue weighted by Crippen LogP contribution is 2.36. The molecule has 3 rings (SSSR count). The Kier molecular flexibility index (Phi) is 4.52. The van der Waals surface area contributed by atoms with Gasteiger partial charge in [0.25, 0.3) is 0 Å². The van der Waals surface area contributed by atoms with Gasteiger partial charge in [0.1, 0.15) is 6.61 Å². The van der Waals surface area contributed by atoms with Gasteiger partial charge in [-0.1, -0.05) is 0 Å². The molecule has 5 heteroatoms. The Bertz CT molecular complexity index is 382. The van der Waals surface area contributed by atoms with E-state index >= 15 is 0 Å². The lowest BCUT2D eigenvalue weighted by atomic mass is 9.87. The molecule has 0 bridgehead atoms. The average molecular weight is 296 g/mol. The van der Waals surface area contributed by atoms with Crippen molar-refractivity contribution in [2.75, 3.05) is 46.1 Å². The van der Waals surface area contributed by atoms with Crippen molar-refractivity contribution >= 4 is 5.91 Å². The third kappa shape index (κ3) is 3.25. The quantitative estimate of drug-likeness (QED) is 0.766. The van der Waals surface area contributed by atoms with E-state index < -0.39 is 0 Å². The smallest absolute Gasteiger partial charge is 0.248 e. The third-order valence-corrected chi connectivity index (χ3v) is 5.26. The second-order valence-corrected chi connectivity index (χ2v) is 7.17. The van der Waals surface area contributed by atoms with Crippen LogP contribution in [0.4, 0.5) is 0 Å². The minimum absolute atomic E-state index is 0.134. The second-order valence-electron chi connectivity index (χ2n) is 7.17. The summed E-state index contributed by atoms with van der Waals surface area (Å²) < 4.78 is 11.2. The van der Waals surface area contributed by atoms with Gasteiger partial charge in [0.05, 0.1) is 6.61 Å². The van der Waals surface area contributed by atoms with Crippen molar-refractivity contribution in [3.05, 3.63) is 0 Å². The molecule has 0 aromatic rings. The topological polar surface area (TPSA) is 42.0 Å². The van der Waals surface area contributed by atoms with E-state index in [2.05, 4.69) is 18.7 Å². The number of ether oxygens (including phenoxy) is 2. The lowest BCUT2D eigenvalue weighted by Gasteiger charge is -2.36. The molecular weight excluding hydrogens is 268 g/mol. The molecule has 3 heterocycles. The van der Waals surface area contributed by atoms with Crippen LogP contribution in [0.2, 0.25) is 0 Å². The molecule has 120 valence electrons. The highest BCUT2D eigenvalue weighted by atomic mass is 16.5. The van der Waals surface area contributed by atoms with Gasteiger partial charge in [-0.2, -0.15) is 0 Å². The van der Waals surface area contributed by atoms with Crippen LogP contribution in [-0.2, 0) is 14.3 Å². The molecule has 0 N–H and O–H groups in total. The summed E-state index contributed by atoms with van der Waals surface area (Å²) in [5.74, 6) is 0.145. The van der Waals surface area contributed by atoms with Crippen LogP contribution in [0.15, 0.2) is 0 Å². The zero-order valence-corrected chi connectivity index (χ0v) is 13.3. The molecule has 5 nitrogen and oxygen atoms in total. The molecule has 0 aromatic heterocycles. The summed E-state index contributed by atoms with van der Waals surface area (Å²) in [5.41, 5.74) is 0.134. The number of nitrogens with zero attached hydrogens (tertiary/aromatic N) is 2. The van der Waals surface area contributed by atoms with Gasteiger partial charge >= 0.3 is 0 Å². The highest BCUT2D eigenvalue weighted by Gasteiger charge is 2.44. The lowest BCUT2D eigenvalue weighted by molar-refractivity contribution is -0.135. The fourth-order valence-electron chi connectivity index (χ4n) is 3.98. The van der Waals surface area contributed by atoms with Gasteiger partial charge in [-0.3, -0.25) is 9.69 Å². The number of hydrogen-bond acceptors (Lipinski definition) is 4. The number of carbonyl (C=O) groups is 1. The summed E-state index contributed by atoms with van der Waals surface area (Å²) in [6.07, 6.45) is 3.42. The molecule has 3 aliphatic heterocycles. The number of amides is 1.